The maximum Gasteiger partial charge on any atom is 0.269 e. The molecule has 0 aromatic heterocycles. The van der Waals surface area contributed by atoms with Gasteiger partial charge in [0.2, 0.25) is 0 Å². The number of benzene rings is 2. The number of carbonyl (C=O) groups is 2. The monoisotopic (exact) mass is 636 g/mol. The number of nitro groups is 1. The van der Waals surface area contributed by atoms with Crippen LogP contribution in [-0.4, -0.2) is 48.3 Å². The summed E-state index contributed by atoms with van der Waals surface area (Å²) in [5.41, 5.74) is 4.16. The van der Waals surface area contributed by atoms with Crippen molar-refractivity contribution in [2.24, 2.45) is 10.8 Å². The van der Waals surface area contributed by atoms with Gasteiger partial charge in [-0.3, -0.25) is 19.7 Å². The van der Waals surface area contributed by atoms with Crippen LogP contribution in [0.15, 0.2) is 58.9 Å². The van der Waals surface area contributed by atoms with Gasteiger partial charge in [-0.25, -0.2) is 0 Å². The van der Waals surface area contributed by atoms with Crippen molar-refractivity contribution < 1.29 is 28.7 Å². The fourth-order valence-electron chi connectivity index (χ4n) is 6.86. The minimum atomic E-state index is -0.582. The van der Waals surface area contributed by atoms with Crippen molar-refractivity contribution in [2.75, 3.05) is 26.9 Å². The van der Waals surface area contributed by atoms with Gasteiger partial charge in [0.05, 0.1) is 23.2 Å². The van der Waals surface area contributed by atoms with E-state index in [1.54, 1.807) is 25.3 Å². The zero-order valence-corrected chi connectivity index (χ0v) is 27.6. The van der Waals surface area contributed by atoms with Crippen molar-refractivity contribution in [3.8, 4) is 11.5 Å². The van der Waals surface area contributed by atoms with Gasteiger partial charge < -0.3 is 19.1 Å². The van der Waals surface area contributed by atoms with E-state index < -0.39 is 10.8 Å². The van der Waals surface area contributed by atoms with Gasteiger partial charge in [-0.2, -0.15) is 0 Å². The fourth-order valence-corrected chi connectivity index (χ4v) is 7.13. The van der Waals surface area contributed by atoms with E-state index in [1.165, 1.54) is 12.1 Å². The molecule has 2 aromatic carbocycles. The molecule has 0 radical (unpaired) electrons. The summed E-state index contributed by atoms with van der Waals surface area (Å²) in [5, 5.41) is 11.3. The van der Waals surface area contributed by atoms with E-state index in [9.17, 15) is 19.7 Å². The number of hydrogen-bond donors (Lipinski definition) is 0. The van der Waals surface area contributed by atoms with Crippen LogP contribution >= 0.6 is 11.6 Å². The predicted octanol–water partition coefficient (Wildman–Crippen LogP) is 7.56. The van der Waals surface area contributed by atoms with Crippen LogP contribution in [0.1, 0.15) is 77.3 Å². The van der Waals surface area contributed by atoms with Crippen molar-refractivity contribution in [3.63, 3.8) is 0 Å². The van der Waals surface area contributed by atoms with E-state index in [2.05, 4.69) is 32.6 Å². The lowest BCUT2D eigenvalue weighted by Crippen LogP contribution is -2.45. The number of hydrogen-bond acceptors (Lipinski definition) is 8. The molecule has 0 atom stereocenters. The van der Waals surface area contributed by atoms with E-state index in [4.69, 9.17) is 25.8 Å². The van der Waals surface area contributed by atoms with Crippen LogP contribution in [0.25, 0.3) is 0 Å². The van der Waals surface area contributed by atoms with Crippen molar-refractivity contribution in [2.45, 2.75) is 72.8 Å². The first-order valence-corrected chi connectivity index (χ1v) is 15.7. The van der Waals surface area contributed by atoms with Crippen molar-refractivity contribution in [1.82, 2.24) is 4.90 Å². The minimum absolute atomic E-state index is 0.00643. The molecule has 0 fully saturated rings. The van der Waals surface area contributed by atoms with Crippen LogP contribution in [0, 0.1) is 20.9 Å². The number of allylic oxidation sites excluding steroid dienone is 4. The number of halogens is 1. The highest BCUT2D eigenvalue weighted by Gasteiger charge is 2.49. The number of nitrogens with zero attached hydrogens (tertiary/aromatic N) is 2. The molecule has 0 unspecified atom stereocenters. The number of carbonyl (C=O) groups excluding carboxylic acids is 2. The molecule has 1 heterocycles. The molecule has 0 amide bonds. The first-order valence-electron chi connectivity index (χ1n) is 15.4. The molecule has 3 aliphatic rings. The molecule has 0 saturated heterocycles. The third-order valence-electron chi connectivity index (χ3n) is 8.74. The number of Topliss-reactive ketones (excluding diaryl/α,β-unsaturated/α-hetero) is 2. The summed E-state index contributed by atoms with van der Waals surface area (Å²) in [6.45, 7) is 11.8. The van der Waals surface area contributed by atoms with E-state index in [0.29, 0.717) is 73.7 Å². The Morgan fingerprint density at radius 2 is 1.51 bits per heavy atom. The molecular formula is C35H41ClN2O7. The largest absolute Gasteiger partial charge is 0.490 e. The van der Waals surface area contributed by atoms with Crippen molar-refractivity contribution in [3.05, 3.63) is 85.2 Å². The molecule has 0 saturated carbocycles. The number of methoxy groups -OCH3 is 1. The van der Waals surface area contributed by atoms with E-state index in [0.717, 1.165) is 17.0 Å². The molecule has 10 heteroatoms. The number of non-ortho nitro benzene ring substituents is 1. The highest BCUT2D eigenvalue weighted by atomic mass is 35.5. The smallest absolute Gasteiger partial charge is 0.269 e. The van der Waals surface area contributed by atoms with Crippen molar-refractivity contribution in [1.29, 1.82) is 0 Å². The zero-order chi connectivity index (χ0) is 32.7. The molecule has 240 valence electrons. The normalized spacial score (nSPS) is 19.4. The topological polar surface area (TPSA) is 108 Å². The van der Waals surface area contributed by atoms with Crippen LogP contribution in [0.3, 0.4) is 0 Å². The van der Waals surface area contributed by atoms with Gasteiger partial charge in [0, 0.05) is 67.1 Å². The molecule has 1 aliphatic heterocycles. The second-order valence-corrected chi connectivity index (χ2v) is 14.1. The van der Waals surface area contributed by atoms with Crippen LogP contribution in [0.5, 0.6) is 11.5 Å². The molecule has 0 bridgehead atoms. The fraction of sp³-hybridized carbons (Fsp3) is 0.486. The Kier molecular flexibility index (Phi) is 9.16. The van der Waals surface area contributed by atoms with Gasteiger partial charge in [-0.15, -0.1) is 0 Å². The van der Waals surface area contributed by atoms with E-state index in [-0.39, 0.29) is 39.7 Å². The molecule has 45 heavy (non-hydrogen) atoms. The van der Waals surface area contributed by atoms with Gasteiger partial charge in [0.15, 0.2) is 23.1 Å². The van der Waals surface area contributed by atoms with Crippen LogP contribution < -0.4 is 9.47 Å². The summed E-state index contributed by atoms with van der Waals surface area (Å²) in [4.78, 5) is 40.9. The first-order chi connectivity index (χ1) is 21.2. The SMILES string of the molecule is CCOc1cc(C2C3=C(CC(C)(C)CC3=O)N(CCOC)C3=C2C(=O)CC(C)(C)C3)cc(Cl)c1OCc1ccc([N+](=O)[O-])cc1. The zero-order valence-electron chi connectivity index (χ0n) is 26.8. The van der Waals surface area contributed by atoms with Crippen LogP contribution in [-0.2, 0) is 20.9 Å². The quantitative estimate of drug-likeness (QED) is 0.194. The van der Waals surface area contributed by atoms with Crippen LogP contribution in [0.2, 0.25) is 5.02 Å². The lowest BCUT2D eigenvalue weighted by molar-refractivity contribution is -0.384. The summed E-state index contributed by atoms with van der Waals surface area (Å²) in [6.07, 6.45) is 2.15. The van der Waals surface area contributed by atoms with Gasteiger partial charge >= 0.3 is 0 Å². The third-order valence-corrected chi connectivity index (χ3v) is 9.02. The summed E-state index contributed by atoms with van der Waals surface area (Å²) in [5.74, 6) is 0.214. The summed E-state index contributed by atoms with van der Waals surface area (Å²) < 4.78 is 17.6. The summed E-state index contributed by atoms with van der Waals surface area (Å²) >= 11 is 6.91. The molecule has 2 aromatic rings. The Balaban J connectivity index is 1.63. The third kappa shape index (κ3) is 6.65. The predicted molar refractivity (Wildman–Crippen MR) is 171 cm³/mol. The number of rotatable bonds is 10. The summed E-state index contributed by atoms with van der Waals surface area (Å²) in [7, 11) is 1.66. The second kappa shape index (κ2) is 12.6. The second-order valence-electron chi connectivity index (χ2n) is 13.7. The average molecular weight is 637 g/mol. The molecule has 2 aliphatic carbocycles. The molecule has 5 rings (SSSR count). The highest BCUT2D eigenvalue weighted by molar-refractivity contribution is 6.32. The Bertz CT molecular complexity index is 1540. The molecule has 0 spiro atoms. The number of ketones is 2. The van der Waals surface area contributed by atoms with Gasteiger partial charge in [-0.1, -0.05) is 39.3 Å². The lowest BCUT2D eigenvalue weighted by atomic mass is 9.63. The van der Waals surface area contributed by atoms with Gasteiger partial charge in [0.25, 0.3) is 5.69 Å². The maximum absolute atomic E-state index is 14.1. The maximum atomic E-state index is 14.1. The first kappa shape index (κ1) is 32.7. The van der Waals surface area contributed by atoms with Gasteiger partial charge in [0.1, 0.15) is 6.61 Å². The standard InChI is InChI=1S/C35H41ClN2O7/c1-7-44-29-15-22(14-24(36)33(29)45-20-21-8-10-23(11-9-21)38(41)42)30-31-25(16-34(2,3)18-27(31)39)37(12-13-43-6)26-17-35(4,5)19-28(40)32(26)30/h8-11,14-15,30H,7,12-13,16-20H2,1-6H3. The Hall–Kier alpha value is -3.69. The van der Waals surface area contributed by atoms with Crippen molar-refractivity contribution >= 4 is 28.9 Å². The summed E-state index contributed by atoms with van der Waals surface area (Å²) in [6, 6.07) is 9.73. The molecule has 0 N–H and O–H groups in total. The number of ether oxygens (including phenoxy) is 3. The van der Waals surface area contributed by atoms with E-state index >= 15 is 0 Å². The molecule has 9 nitrogen and oxygen atoms in total. The average Bonchev–Trinajstić information content (AvgIpc) is 2.94. The Labute approximate surface area is 269 Å². The minimum Gasteiger partial charge on any atom is -0.490 e. The highest BCUT2D eigenvalue weighted by Crippen LogP contribution is 2.55. The lowest BCUT2D eigenvalue weighted by Gasteiger charge is -2.49. The van der Waals surface area contributed by atoms with Gasteiger partial charge in [-0.05, 0) is 66.0 Å². The number of nitro benzene ring substituents is 1. The molecular weight excluding hydrogens is 596 g/mol. The van der Waals surface area contributed by atoms with Crippen LogP contribution in [0.4, 0.5) is 5.69 Å². The van der Waals surface area contributed by atoms with E-state index in [1.807, 2.05) is 13.0 Å². The Morgan fingerprint density at radius 3 is 2.02 bits per heavy atom. The Morgan fingerprint density at radius 1 is 0.933 bits per heavy atom.